The second-order valence-electron chi connectivity index (χ2n) is 4.81. The summed E-state index contributed by atoms with van der Waals surface area (Å²) in [6.45, 7) is 4.85. The summed E-state index contributed by atoms with van der Waals surface area (Å²) in [5, 5.41) is 0.302. The molecule has 0 atom stereocenters. The van der Waals surface area contributed by atoms with Gasteiger partial charge in [-0.2, -0.15) is 0 Å². The lowest BCUT2D eigenvalue weighted by Gasteiger charge is -2.14. The van der Waals surface area contributed by atoms with Crippen molar-refractivity contribution in [2.24, 2.45) is 5.92 Å². The van der Waals surface area contributed by atoms with Gasteiger partial charge in [0.1, 0.15) is 11.0 Å². The Hall–Kier alpha value is -0.830. The van der Waals surface area contributed by atoms with Crippen molar-refractivity contribution in [3.05, 3.63) is 27.4 Å². The highest BCUT2D eigenvalue weighted by Gasteiger charge is 2.22. The average molecular weight is 241 g/mol. The zero-order valence-corrected chi connectivity index (χ0v) is 10.5. The second-order valence-corrected chi connectivity index (χ2v) is 5.20. The Morgan fingerprint density at radius 3 is 2.81 bits per heavy atom. The first-order valence-electron chi connectivity index (χ1n) is 5.85. The van der Waals surface area contributed by atoms with Crippen LogP contribution in [0.1, 0.15) is 44.9 Å². The van der Waals surface area contributed by atoms with Crippen LogP contribution in [0.25, 0.3) is 0 Å². The van der Waals surface area contributed by atoms with Gasteiger partial charge in [-0.15, -0.1) is 0 Å². The second kappa shape index (κ2) is 4.58. The van der Waals surface area contributed by atoms with Gasteiger partial charge in [-0.1, -0.05) is 38.3 Å². The van der Waals surface area contributed by atoms with E-state index in [9.17, 15) is 4.79 Å². The third kappa shape index (κ3) is 2.64. The van der Waals surface area contributed by atoms with E-state index in [1.165, 1.54) is 18.9 Å². The Bertz CT molecular complexity index is 435. The fraction of sp³-hybridized carbons (Fsp3) is 0.667. The van der Waals surface area contributed by atoms with Crippen molar-refractivity contribution in [3.63, 3.8) is 0 Å². The molecule has 0 amide bonds. The van der Waals surface area contributed by atoms with Crippen molar-refractivity contribution in [2.75, 3.05) is 0 Å². The molecule has 0 saturated heterocycles. The predicted octanol–water partition coefficient (Wildman–Crippen LogP) is 2.82. The Morgan fingerprint density at radius 1 is 1.56 bits per heavy atom. The first kappa shape index (κ1) is 11.6. The lowest BCUT2D eigenvalue weighted by Crippen LogP contribution is -2.25. The summed E-state index contributed by atoms with van der Waals surface area (Å²) < 4.78 is 1.77. The van der Waals surface area contributed by atoms with Crippen molar-refractivity contribution in [1.29, 1.82) is 0 Å². The number of hydrogen-bond donors (Lipinski definition) is 0. The van der Waals surface area contributed by atoms with Gasteiger partial charge >= 0.3 is 0 Å². The van der Waals surface area contributed by atoms with E-state index < -0.39 is 0 Å². The van der Waals surface area contributed by atoms with Gasteiger partial charge in [0.25, 0.3) is 5.56 Å². The minimum absolute atomic E-state index is 0.0237. The molecule has 0 spiro atoms. The predicted molar refractivity (Wildman–Crippen MR) is 64.9 cm³/mol. The summed E-state index contributed by atoms with van der Waals surface area (Å²) in [5.41, 5.74) is -0.0237. The van der Waals surface area contributed by atoms with E-state index in [1.807, 2.05) is 13.8 Å². The molecule has 1 aromatic heterocycles. The Labute approximate surface area is 100 Å². The van der Waals surface area contributed by atoms with E-state index in [0.717, 1.165) is 24.7 Å². The van der Waals surface area contributed by atoms with Crippen molar-refractivity contribution in [2.45, 2.75) is 45.6 Å². The summed E-state index contributed by atoms with van der Waals surface area (Å²) in [4.78, 5) is 16.1. The van der Waals surface area contributed by atoms with E-state index in [0.29, 0.717) is 5.15 Å². The van der Waals surface area contributed by atoms with E-state index >= 15 is 0 Å². The van der Waals surface area contributed by atoms with Crippen molar-refractivity contribution >= 4 is 11.6 Å². The van der Waals surface area contributed by atoms with Gasteiger partial charge in [-0.25, -0.2) is 4.98 Å². The van der Waals surface area contributed by atoms with Crippen LogP contribution in [0.15, 0.2) is 10.9 Å². The molecule has 1 aliphatic rings. The van der Waals surface area contributed by atoms with E-state index in [2.05, 4.69) is 4.98 Å². The van der Waals surface area contributed by atoms with Crippen LogP contribution in [0.3, 0.4) is 0 Å². The van der Waals surface area contributed by atoms with Crippen LogP contribution in [-0.4, -0.2) is 9.55 Å². The molecule has 0 aliphatic heterocycles. The highest BCUT2D eigenvalue weighted by molar-refractivity contribution is 6.29. The normalized spacial score (nSPS) is 15.8. The maximum absolute atomic E-state index is 11.8. The zero-order chi connectivity index (χ0) is 11.7. The molecule has 0 aromatic carbocycles. The zero-order valence-electron chi connectivity index (χ0n) is 9.74. The lowest BCUT2D eigenvalue weighted by atomic mass is 10.2. The van der Waals surface area contributed by atoms with Gasteiger partial charge < -0.3 is 0 Å². The van der Waals surface area contributed by atoms with Gasteiger partial charge in [0.15, 0.2) is 0 Å². The Morgan fingerprint density at radius 2 is 2.25 bits per heavy atom. The van der Waals surface area contributed by atoms with Crippen LogP contribution in [0.4, 0.5) is 0 Å². The largest absolute Gasteiger partial charge is 0.296 e. The molecule has 16 heavy (non-hydrogen) atoms. The monoisotopic (exact) mass is 240 g/mol. The first-order valence-corrected chi connectivity index (χ1v) is 6.23. The molecule has 0 bridgehead atoms. The SMILES string of the molecule is CC(C)c1nc(Cl)cc(=O)n1CCC1CC1. The molecular weight excluding hydrogens is 224 g/mol. The molecule has 88 valence electrons. The van der Waals surface area contributed by atoms with Crippen LogP contribution >= 0.6 is 11.6 Å². The minimum atomic E-state index is -0.0237. The number of rotatable bonds is 4. The average Bonchev–Trinajstić information content (AvgIpc) is 2.98. The number of aromatic nitrogens is 2. The molecule has 0 radical (unpaired) electrons. The molecule has 2 rings (SSSR count). The fourth-order valence-electron chi connectivity index (χ4n) is 1.88. The van der Waals surface area contributed by atoms with Gasteiger partial charge in [0, 0.05) is 18.5 Å². The van der Waals surface area contributed by atoms with Crippen LogP contribution in [0.5, 0.6) is 0 Å². The summed E-state index contributed by atoms with van der Waals surface area (Å²) in [6, 6.07) is 1.40. The maximum atomic E-state index is 11.8. The van der Waals surface area contributed by atoms with Crippen LogP contribution < -0.4 is 5.56 Å². The number of hydrogen-bond acceptors (Lipinski definition) is 2. The van der Waals surface area contributed by atoms with Crippen molar-refractivity contribution in [3.8, 4) is 0 Å². The highest BCUT2D eigenvalue weighted by atomic mass is 35.5. The van der Waals surface area contributed by atoms with Gasteiger partial charge in [0.2, 0.25) is 0 Å². The lowest BCUT2D eigenvalue weighted by molar-refractivity contribution is 0.531. The van der Waals surface area contributed by atoms with E-state index in [4.69, 9.17) is 11.6 Å². The minimum Gasteiger partial charge on any atom is -0.296 e. The molecular formula is C12H17ClN2O. The highest BCUT2D eigenvalue weighted by Crippen LogP contribution is 2.32. The van der Waals surface area contributed by atoms with Gasteiger partial charge in [-0.3, -0.25) is 9.36 Å². The molecule has 0 unspecified atom stereocenters. The fourth-order valence-corrected chi connectivity index (χ4v) is 2.06. The van der Waals surface area contributed by atoms with Gasteiger partial charge in [0.05, 0.1) is 0 Å². The van der Waals surface area contributed by atoms with Crippen LogP contribution in [0.2, 0.25) is 5.15 Å². The molecule has 0 N–H and O–H groups in total. The van der Waals surface area contributed by atoms with Gasteiger partial charge in [-0.05, 0) is 12.3 Å². The summed E-state index contributed by atoms with van der Waals surface area (Å²) in [6.07, 6.45) is 3.71. The maximum Gasteiger partial charge on any atom is 0.254 e. The van der Waals surface area contributed by atoms with Crippen molar-refractivity contribution in [1.82, 2.24) is 9.55 Å². The number of halogens is 1. The topological polar surface area (TPSA) is 34.9 Å². The molecule has 1 fully saturated rings. The van der Waals surface area contributed by atoms with Crippen LogP contribution in [-0.2, 0) is 6.54 Å². The van der Waals surface area contributed by atoms with E-state index in [-0.39, 0.29) is 11.5 Å². The molecule has 1 aliphatic carbocycles. The molecule has 3 nitrogen and oxygen atoms in total. The molecule has 1 aromatic rings. The van der Waals surface area contributed by atoms with E-state index in [1.54, 1.807) is 4.57 Å². The van der Waals surface area contributed by atoms with Crippen LogP contribution in [0, 0.1) is 5.92 Å². The summed E-state index contributed by atoms with van der Waals surface area (Å²) >= 11 is 5.82. The summed E-state index contributed by atoms with van der Waals surface area (Å²) in [5.74, 6) is 1.85. The Balaban J connectivity index is 2.28. The molecule has 4 heteroatoms. The molecule has 1 heterocycles. The third-order valence-electron chi connectivity index (χ3n) is 2.98. The standard InChI is InChI=1S/C12H17ClN2O/c1-8(2)12-14-10(13)7-11(16)15(12)6-5-9-3-4-9/h7-9H,3-6H2,1-2H3. The Kier molecular flexibility index (Phi) is 3.33. The molecule has 1 saturated carbocycles. The quantitative estimate of drug-likeness (QED) is 0.759. The first-order chi connectivity index (χ1) is 7.58. The van der Waals surface area contributed by atoms with Crippen molar-refractivity contribution < 1.29 is 0 Å². The third-order valence-corrected chi connectivity index (χ3v) is 3.17. The number of nitrogens with zero attached hydrogens (tertiary/aromatic N) is 2. The summed E-state index contributed by atoms with van der Waals surface area (Å²) in [7, 11) is 0. The smallest absolute Gasteiger partial charge is 0.254 e.